The van der Waals surface area contributed by atoms with Crippen LogP contribution >= 0.6 is 0 Å². The fraction of sp³-hybridized carbons (Fsp3) is 0.579. The number of piperazine rings is 1. The van der Waals surface area contributed by atoms with Crippen molar-refractivity contribution in [2.45, 2.75) is 24.7 Å². The fourth-order valence-corrected chi connectivity index (χ4v) is 4.42. The molecule has 1 heterocycles. The molecule has 8 nitrogen and oxygen atoms in total. The van der Waals surface area contributed by atoms with E-state index in [1.54, 1.807) is 19.2 Å². The molecule has 1 N–H and O–H groups in total. The topological polar surface area (TPSA) is 90.0 Å². The van der Waals surface area contributed by atoms with E-state index in [9.17, 15) is 18.0 Å². The molecular formula is C19H30N4O4S. The molecule has 1 aliphatic heterocycles. The molecule has 1 aliphatic rings. The Bertz CT molecular complexity index is 785. The standard InChI is InChI=1S/C19H30N4O4S/c1-15(2)16-5-7-17(8-6-16)28(26,27)23-11-9-22(10-12-23)14-19(25)21(4)13-18(24)20-3/h5-8,15H,9-14H2,1-4H3,(H,20,24). The summed E-state index contributed by atoms with van der Waals surface area (Å²) in [6.07, 6.45) is 0. The number of nitrogens with one attached hydrogen (secondary N) is 1. The van der Waals surface area contributed by atoms with Crippen molar-refractivity contribution in [3.05, 3.63) is 29.8 Å². The molecule has 2 amide bonds. The zero-order chi connectivity index (χ0) is 20.9. The van der Waals surface area contributed by atoms with Crippen LogP contribution in [0.15, 0.2) is 29.2 Å². The third kappa shape index (κ3) is 5.52. The van der Waals surface area contributed by atoms with Crippen LogP contribution in [0.25, 0.3) is 0 Å². The molecule has 0 saturated carbocycles. The van der Waals surface area contributed by atoms with Crippen LogP contribution < -0.4 is 5.32 Å². The number of benzene rings is 1. The molecule has 1 saturated heterocycles. The number of likely N-dealkylation sites (N-methyl/N-ethyl adjacent to an activating group) is 2. The molecule has 2 rings (SSSR count). The molecule has 0 unspecified atom stereocenters. The van der Waals surface area contributed by atoms with E-state index in [1.807, 2.05) is 17.0 Å². The van der Waals surface area contributed by atoms with E-state index in [0.717, 1.165) is 5.56 Å². The molecule has 1 aromatic carbocycles. The van der Waals surface area contributed by atoms with E-state index < -0.39 is 10.0 Å². The third-order valence-corrected chi connectivity index (χ3v) is 6.87. The average molecular weight is 411 g/mol. The summed E-state index contributed by atoms with van der Waals surface area (Å²) in [7, 11) is -0.427. The van der Waals surface area contributed by atoms with Crippen LogP contribution in [-0.4, -0.2) is 87.7 Å². The van der Waals surface area contributed by atoms with Crippen molar-refractivity contribution in [2.75, 3.05) is 53.4 Å². The van der Waals surface area contributed by atoms with Gasteiger partial charge in [0.25, 0.3) is 0 Å². The predicted octanol–water partition coefficient (Wildman–Crippen LogP) is 0.321. The number of rotatable bonds is 7. The van der Waals surface area contributed by atoms with Crippen molar-refractivity contribution in [1.82, 2.24) is 19.4 Å². The molecule has 0 radical (unpaired) electrons. The van der Waals surface area contributed by atoms with Gasteiger partial charge in [0.1, 0.15) is 0 Å². The Morgan fingerprint density at radius 3 is 2.18 bits per heavy atom. The fourth-order valence-electron chi connectivity index (χ4n) is 3.00. The Morgan fingerprint density at radius 1 is 1.11 bits per heavy atom. The predicted molar refractivity (Wildman–Crippen MR) is 107 cm³/mol. The van der Waals surface area contributed by atoms with Crippen molar-refractivity contribution in [2.24, 2.45) is 0 Å². The minimum atomic E-state index is -3.53. The first-order valence-electron chi connectivity index (χ1n) is 9.42. The van der Waals surface area contributed by atoms with Gasteiger partial charge in [-0.3, -0.25) is 14.5 Å². The van der Waals surface area contributed by atoms with Crippen LogP contribution in [0.1, 0.15) is 25.3 Å². The van der Waals surface area contributed by atoms with Gasteiger partial charge < -0.3 is 10.2 Å². The van der Waals surface area contributed by atoms with Gasteiger partial charge >= 0.3 is 0 Å². The van der Waals surface area contributed by atoms with E-state index in [2.05, 4.69) is 19.2 Å². The van der Waals surface area contributed by atoms with Gasteiger partial charge in [-0.1, -0.05) is 26.0 Å². The lowest BCUT2D eigenvalue weighted by Gasteiger charge is -2.34. The quantitative estimate of drug-likeness (QED) is 0.699. The monoisotopic (exact) mass is 410 g/mol. The van der Waals surface area contributed by atoms with Gasteiger partial charge in [-0.05, 0) is 23.6 Å². The summed E-state index contributed by atoms with van der Waals surface area (Å²) in [6, 6.07) is 7.03. The lowest BCUT2D eigenvalue weighted by atomic mass is 10.0. The largest absolute Gasteiger partial charge is 0.358 e. The molecule has 0 spiro atoms. The molecule has 0 atom stereocenters. The smallest absolute Gasteiger partial charge is 0.243 e. The van der Waals surface area contributed by atoms with Gasteiger partial charge in [0.15, 0.2) is 0 Å². The Hall–Kier alpha value is -1.97. The van der Waals surface area contributed by atoms with Gasteiger partial charge in [0.2, 0.25) is 21.8 Å². The van der Waals surface area contributed by atoms with Gasteiger partial charge in [0.05, 0.1) is 18.0 Å². The zero-order valence-electron chi connectivity index (χ0n) is 17.0. The Balaban J connectivity index is 1.92. The number of amides is 2. The average Bonchev–Trinajstić information content (AvgIpc) is 2.68. The van der Waals surface area contributed by atoms with Crippen LogP contribution in [0.3, 0.4) is 0 Å². The molecule has 28 heavy (non-hydrogen) atoms. The normalized spacial score (nSPS) is 16.2. The molecular weight excluding hydrogens is 380 g/mol. The minimum Gasteiger partial charge on any atom is -0.358 e. The van der Waals surface area contributed by atoms with Crippen LogP contribution in [0.4, 0.5) is 0 Å². The summed E-state index contributed by atoms with van der Waals surface area (Å²) in [6.45, 7) is 5.93. The number of sulfonamides is 1. The summed E-state index contributed by atoms with van der Waals surface area (Å²) in [5, 5.41) is 2.48. The second-order valence-electron chi connectivity index (χ2n) is 7.33. The number of carbonyl (C=O) groups excluding carboxylic acids is 2. The summed E-state index contributed by atoms with van der Waals surface area (Å²) in [4.78, 5) is 27.2. The second-order valence-corrected chi connectivity index (χ2v) is 9.26. The number of carbonyl (C=O) groups is 2. The van der Waals surface area contributed by atoms with Crippen LogP contribution in [0.2, 0.25) is 0 Å². The van der Waals surface area contributed by atoms with Gasteiger partial charge in [-0.15, -0.1) is 0 Å². The molecule has 156 valence electrons. The van der Waals surface area contributed by atoms with Crippen molar-refractivity contribution in [1.29, 1.82) is 0 Å². The van der Waals surface area contributed by atoms with Crippen molar-refractivity contribution >= 4 is 21.8 Å². The maximum atomic E-state index is 12.8. The van der Waals surface area contributed by atoms with E-state index in [4.69, 9.17) is 0 Å². The molecule has 0 aromatic heterocycles. The van der Waals surface area contributed by atoms with Crippen LogP contribution in [0, 0.1) is 0 Å². The summed E-state index contributed by atoms with van der Waals surface area (Å²) in [5.41, 5.74) is 1.10. The highest BCUT2D eigenvalue weighted by atomic mass is 32.2. The SMILES string of the molecule is CNC(=O)CN(C)C(=O)CN1CCN(S(=O)(=O)c2ccc(C(C)C)cc2)CC1. The van der Waals surface area contributed by atoms with Crippen LogP contribution in [-0.2, 0) is 19.6 Å². The highest BCUT2D eigenvalue weighted by molar-refractivity contribution is 7.89. The summed E-state index contributed by atoms with van der Waals surface area (Å²) >= 11 is 0. The molecule has 0 aliphatic carbocycles. The molecule has 9 heteroatoms. The summed E-state index contributed by atoms with van der Waals surface area (Å²) in [5.74, 6) is -0.0428. The molecule has 1 aromatic rings. The zero-order valence-corrected chi connectivity index (χ0v) is 17.8. The first kappa shape index (κ1) is 22.3. The number of hydrogen-bond acceptors (Lipinski definition) is 5. The van der Waals surface area contributed by atoms with Gasteiger partial charge in [-0.2, -0.15) is 4.31 Å². The lowest BCUT2D eigenvalue weighted by molar-refractivity contribution is -0.135. The minimum absolute atomic E-state index is 0.00997. The Labute approximate surface area is 167 Å². The highest BCUT2D eigenvalue weighted by Crippen LogP contribution is 2.21. The molecule has 0 bridgehead atoms. The molecule has 1 fully saturated rings. The maximum Gasteiger partial charge on any atom is 0.243 e. The third-order valence-electron chi connectivity index (χ3n) is 4.96. The highest BCUT2D eigenvalue weighted by Gasteiger charge is 2.29. The maximum absolute atomic E-state index is 12.8. The van der Waals surface area contributed by atoms with E-state index >= 15 is 0 Å². The second kappa shape index (κ2) is 9.49. The van der Waals surface area contributed by atoms with Crippen molar-refractivity contribution in [3.8, 4) is 0 Å². The van der Waals surface area contributed by atoms with Crippen molar-refractivity contribution in [3.63, 3.8) is 0 Å². The van der Waals surface area contributed by atoms with Crippen molar-refractivity contribution < 1.29 is 18.0 Å². The van der Waals surface area contributed by atoms with Gasteiger partial charge in [-0.25, -0.2) is 8.42 Å². The van der Waals surface area contributed by atoms with Gasteiger partial charge in [0, 0.05) is 40.3 Å². The number of nitrogens with zero attached hydrogens (tertiary/aromatic N) is 3. The lowest BCUT2D eigenvalue weighted by Crippen LogP contribution is -2.51. The van der Waals surface area contributed by atoms with E-state index in [-0.39, 0.29) is 24.9 Å². The van der Waals surface area contributed by atoms with Crippen LogP contribution in [0.5, 0.6) is 0 Å². The van der Waals surface area contributed by atoms with E-state index in [0.29, 0.717) is 37.0 Å². The first-order valence-corrected chi connectivity index (χ1v) is 10.9. The first-order chi connectivity index (χ1) is 13.1. The summed E-state index contributed by atoms with van der Waals surface area (Å²) < 4.78 is 27.2. The Morgan fingerprint density at radius 2 is 1.68 bits per heavy atom. The van der Waals surface area contributed by atoms with E-state index in [1.165, 1.54) is 16.3 Å². The number of hydrogen-bond donors (Lipinski definition) is 1. The Kier molecular flexibility index (Phi) is 7.56.